The number of aromatic nitrogens is 1. The molecule has 0 amide bonds. The third-order valence-electron chi connectivity index (χ3n) is 4.00. The number of anilines is 1. The van der Waals surface area contributed by atoms with E-state index in [0.717, 1.165) is 11.1 Å². The zero-order valence-electron chi connectivity index (χ0n) is 14.5. The summed E-state index contributed by atoms with van der Waals surface area (Å²) in [6.07, 6.45) is 1.53. The highest BCUT2D eigenvalue weighted by Gasteiger charge is 2.19. The molecule has 3 aromatic rings. The second-order valence-electron chi connectivity index (χ2n) is 5.90. The predicted molar refractivity (Wildman–Crippen MR) is 103 cm³/mol. The van der Waals surface area contributed by atoms with Gasteiger partial charge in [-0.3, -0.25) is 4.79 Å². The second-order valence-corrected chi connectivity index (χ2v) is 6.68. The number of nitrogens with one attached hydrogen (secondary N) is 1. The Kier molecular flexibility index (Phi) is 5.08. The van der Waals surface area contributed by atoms with Crippen molar-refractivity contribution in [3.8, 4) is 0 Å². The van der Waals surface area contributed by atoms with E-state index in [4.69, 9.17) is 9.15 Å². The van der Waals surface area contributed by atoms with E-state index in [1.807, 2.05) is 19.9 Å². The molecule has 0 aliphatic carbocycles. The Bertz CT molecular complexity index is 1050. The maximum Gasteiger partial charge on any atom is 0.358 e. The van der Waals surface area contributed by atoms with Crippen molar-refractivity contribution in [2.45, 2.75) is 19.9 Å². The SMILES string of the molecule is COC(=O)c1ncccc1NC(C)c1cc(C)cc2c(=O)cc(Br)oc12. The Morgan fingerprint density at radius 1 is 1.35 bits per heavy atom. The van der Waals surface area contributed by atoms with Crippen molar-refractivity contribution >= 4 is 38.6 Å². The first-order valence-corrected chi connectivity index (χ1v) is 8.73. The molecule has 0 spiro atoms. The molecule has 0 bridgehead atoms. The van der Waals surface area contributed by atoms with Gasteiger partial charge >= 0.3 is 5.97 Å². The highest BCUT2D eigenvalue weighted by molar-refractivity contribution is 9.10. The Morgan fingerprint density at radius 2 is 2.12 bits per heavy atom. The lowest BCUT2D eigenvalue weighted by Crippen LogP contribution is -2.14. The molecule has 0 saturated carbocycles. The van der Waals surface area contributed by atoms with Crippen molar-refractivity contribution in [2.75, 3.05) is 12.4 Å². The minimum atomic E-state index is -0.524. The second kappa shape index (κ2) is 7.29. The highest BCUT2D eigenvalue weighted by Crippen LogP contribution is 2.29. The van der Waals surface area contributed by atoms with E-state index in [2.05, 4.69) is 26.2 Å². The Balaban J connectivity index is 2.08. The molecule has 0 aliphatic heterocycles. The monoisotopic (exact) mass is 416 g/mol. The largest absolute Gasteiger partial charge is 0.464 e. The summed E-state index contributed by atoms with van der Waals surface area (Å²) >= 11 is 3.23. The first-order chi connectivity index (χ1) is 12.4. The summed E-state index contributed by atoms with van der Waals surface area (Å²) in [6.45, 7) is 3.84. The first kappa shape index (κ1) is 18.1. The average molecular weight is 417 g/mol. The lowest BCUT2D eigenvalue weighted by atomic mass is 10.0. The third-order valence-corrected chi connectivity index (χ3v) is 4.39. The van der Waals surface area contributed by atoms with Crippen LogP contribution in [0.25, 0.3) is 11.0 Å². The molecule has 0 radical (unpaired) electrons. The van der Waals surface area contributed by atoms with E-state index >= 15 is 0 Å². The smallest absolute Gasteiger partial charge is 0.358 e. The standard InChI is InChI=1S/C19H17BrN2O4/c1-10-7-12(18-13(8-10)15(23)9-16(20)26-18)11(2)22-14-5-4-6-21-17(14)19(24)25-3/h4-9,11,22H,1-3H3. The fraction of sp³-hybridized carbons (Fsp3) is 0.211. The predicted octanol–water partition coefficient (Wildman–Crippen LogP) is 4.22. The number of carbonyl (C=O) groups excluding carboxylic acids is 1. The number of fused-ring (bicyclic) bond motifs is 1. The van der Waals surface area contributed by atoms with Crippen LogP contribution in [0.15, 0.2) is 50.4 Å². The summed E-state index contributed by atoms with van der Waals surface area (Å²) in [4.78, 5) is 28.3. The van der Waals surface area contributed by atoms with E-state index in [1.54, 1.807) is 18.2 Å². The number of halogens is 1. The number of nitrogens with zero attached hydrogens (tertiary/aromatic N) is 1. The van der Waals surface area contributed by atoms with E-state index in [-0.39, 0.29) is 17.2 Å². The average Bonchev–Trinajstić information content (AvgIpc) is 2.61. The van der Waals surface area contributed by atoms with Crippen LogP contribution in [0.2, 0.25) is 0 Å². The van der Waals surface area contributed by atoms with Crippen molar-refractivity contribution in [1.82, 2.24) is 4.98 Å². The quantitative estimate of drug-likeness (QED) is 0.641. The molecule has 0 saturated heterocycles. The molecule has 0 fully saturated rings. The number of carbonyl (C=O) groups is 1. The minimum absolute atomic E-state index is 0.119. The van der Waals surface area contributed by atoms with Gasteiger partial charge in [-0.25, -0.2) is 9.78 Å². The molecule has 2 heterocycles. The van der Waals surface area contributed by atoms with Crippen LogP contribution < -0.4 is 10.7 Å². The van der Waals surface area contributed by atoms with Crippen molar-refractivity contribution < 1.29 is 13.9 Å². The normalized spacial score (nSPS) is 12.0. The number of hydrogen-bond acceptors (Lipinski definition) is 6. The first-order valence-electron chi connectivity index (χ1n) is 7.94. The third kappa shape index (κ3) is 3.48. The Hall–Kier alpha value is -2.67. The molecule has 7 heteroatoms. The van der Waals surface area contributed by atoms with Crippen LogP contribution in [0, 0.1) is 6.92 Å². The molecule has 1 aromatic carbocycles. The summed E-state index contributed by atoms with van der Waals surface area (Å²) < 4.78 is 10.9. The van der Waals surface area contributed by atoms with Gasteiger partial charge < -0.3 is 14.5 Å². The topological polar surface area (TPSA) is 81.4 Å². The van der Waals surface area contributed by atoms with Crippen LogP contribution in [0.1, 0.15) is 34.6 Å². The molecule has 26 heavy (non-hydrogen) atoms. The molecule has 3 rings (SSSR count). The van der Waals surface area contributed by atoms with Crippen LogP contribution in [0.3, 0.4) is 0 Å². The molecule has 0 aliphatic rings. The van der Waals surface area contributed by atoms with Gasteiger partial charge in [0.25, 0.3) is 0 Å². The fourth-order valence-corrected chi connectivity index (χ4v) is 3.19. The zero-order chi connectivity index (χ0) is 18.8. The number of methoxy groups -OCH3 is 1. The Labute approximate surface area is 158 Å². The summed E-state index contributed by atoms with van der Waals surface area (Å²) in [5.74, 6) is -0.524. The Morgan fingerprint density at radius 3 is 2.85 bits per heavy atom. The van der Waals surface area contributed by atoms with Gasteiger partial charge in [0.2, 0.25) is 0 Å². The van der Waals surface area contributed by atoms with Crippen molar-refractivity contribution in [2.24, 2.45) is 0 Å². The van der Waals surface area contributed by atoms with Crippen molar-refractivity contribution in [3.63, 3.8) is 0 Å². The van der Waals surface area contributed by atoms with Crippen LogP contribution in [0.4, 0.5) is 5.69 Å². The minimum Gasteiger partial charge on any atom is -0.464 e. The van der Waals surface area contributed by atoms with Crippen molar-refractivity contribution in [3.05, 3.63) is 68.2 Å². The van der Waals surface area contributed by atoms with Gasteiger partial charge in [-0.1, -0.05) is 6.07 Å². The van der Waals surface area contributed by atoms with Gasteiger partial charge in [0, 0.05) is 17.8 Å². The van der Waals surface area contributed by atoms with E-state index in [9.17, 15) is 9.59 Å². The highest BCUT2D eigenvalue weighted by atomic mass is 79.9. The van der Waals surface area contributed by atoms with Crippen LogP contribution in [-0.4, -0.2) is 18.1 Å². The number of rotatable bonds is 4. The molecular weight excluding hydrogens is 400 g/mol. The molecule has 134 valence electrons. The fourth-order valence-electron chi connectivity index (χ4n) is 2.82. The molecular formula is C19H17BrN2O4. The van der Waals surface area contributed by atoms with Gasteiger partial charge in [0.1, 0.15) is 5.58 Å². The summed E-state index contributed by atoms with van der Waals surface area (Å²) in [7, 11) is 1.31. The molecule has 1 unspecified atom stereocenters. The maximum absolute atomic E-state index is 12.3. The van der Waals surface area contributed by atoms with Gasteiger partial charge in [0.05, 0.1) is 24.2 Å². The van der Waals surface area contributed by atoms with Crippen molar-refractivity contribution in [1.29, 1.82) is 0 Å². The zero-order valence-corrected chi connectivity index (χ0v) is 16.1. The number of esters is 1. The summed E-state index contributed by atoms with van der Waals surface area (Å²) in [5, 5.41) is 3.77. The number of ether oxygens (including phenoxy) is 1. The molecule has 1 atom stereocenters. The number of hydrogen-bond donors (Lipinski definition) is 1. The number of benzene rings is 1. The maximum atomic E-state index is 12.3. The van der Waals surface area contributed by atoms with Gasteiger partial charge in [-0.05, 0) is 53.5 Å². The molecule has 6 nitrogen and oxygen atoms in total. The van der Waals surface area contributed by atoms with E-state index in [1.165, 1.54) is 19.4 Å². The lowest BCUT2D eigenvalue weighted by molar-refractivity contribution is 0.0595. The lowest BCUT2D eigenvalue weighted by Gasteiger charge is -2.19. The number of aryl methyl sites for hydroxylation is 1. The summed E-state index contributed by atoms with van der Waals surface area (Å²) in [6, 6.07) is 8.38. The number of pyridine rings is 1. The van der Waals surface area contributed by atoms with Crippen LogP contribution >= 0.6 is 15.9 Å². The summed E-state index contributed by atoms with van der Waals surface area (Å²) in [5.41, 5.74) is 2.86. The van der Waals surface area contributed by atoms with Crippen LogP contribution in [-0.2, 0) is 4.74 Å². The van der Waals surface area contributed by atoms with Gasteiger partial charge in [-0.15, -0.1) is 0 Å². The molecule has 1 N–H and O–H groups in total. The van der Waals surface area contributed by atoms with Gasteiger partial charge in [0.15, 0.2) is 15.8 Å². The molecule has 2 aromatic heterocycles. The van der Waals surface area contributed by atoms with Crippen LogP contribution in [0.5, 0.6) is 0 Å². The van der Waals surface area contributed by atoms with Gasteiger partial charge in [-0.2, -0.15) is 0 Å². The van der Waals surface area contributed by atoms with E-state index in [0.29, 0.717) is 21.3 Å². The van der Waals surface area contributed by atoms with E-state index < -0.39 is 5.97 Å².